The number of ether oxygens (including phenoxy) is 1. The molecule has 2 aromatic carbocycles. The van der Waals surface area contributed by atoms with Crippen LogP contribution in [0.1, 0.15) is 23.1 Å². The van der Waals surface area contributed by atoms with Crippen molar-refractivity contribution < 1.29 is 4.74 Å². The standard InChI is InChI=1S/C21H19NO/c1-15-7-5-6-10-19(15)21-12-18-14-23-13-17(18)11-20(22-21)16-8-3-2-4-9-16/h2-11H,12-14H2,1H3. The number of aliphatic imine (C=N–C) groups is 1. The summed E-state index contributed by atoms with van der Waals surface area (Å²) in [6, 6.07) is 18.9. The lowest BCUT2D eigenvalue weighted by Gasteiger charge is -2.11. The first kappa shape index (κ1) is 14.2. The van der Waals surface area contributed by atoms with Gasteiger partial charge in [-0.25, -0.2) is 0 Å². The third-order valence-electron chi connectivity index (χ3n) is 4.46. The Morgan fingerprint density at radius 3 is 2.52 bits per heavy atom. The number of hydrogen-bond donors (Lipinski definition) is 0. The van der Waals surface area contributed by atoms with Crippen molar-refractivity contribution in [2.75, 3.05) is 13.2 Å². The van der Waals surface area contributed by atoms with Crippen LogP contribution in [0.4, 0.5) is 0 Å². The summed E-state index contributed by atoms with van der Waals surface area (Å²) in [6.07, 6.45) is 3.07. The molecule has 0 bridgehead atoms. The van der Waals surface area contributed by atoms with Crippen molar-refractivity contribution in [2.24, 2.45) is 4.99 Å². The molecule has 0 aromatic heterocycles. The molecule has 0 radical (unpaired) electrons. The second kappa shape index (κ2) is 5.98. The van der Waals surface area contributed by atoms with Gasteiger partial charge in [-0.05, 0) is 35.3 Å². The van der Waals surface area contributed by atoms with Crippen molar-refractivity contribution in [3.63, 3.8) is 0 Å². The zero-order chi connectivity index (χ0) is 15.6. The van der Waals surface area contributed by atoms with Gasteiger partial charge in [0.2, 0.25) is 0 Å². The molecule has 4 rings (SSSR count). The summed E-state index contributed by atoms with van der Waals surface area (Å²) < 4.78 is 5.67. The first-order valence-electron chi connectivity index (χ1n) is 8.00. The minimum atomic E-state index is 0.697. The van der Waals surface area contributed by atoms with E-state index in [1.54, 1.807) is 0 Å². The molecule has 0 saturated heterocycles. The second-order valence-corrected chi connectivity index (χ2v) is 6.07. The number of nitrogens with zero attached hydrogens (tertiary/aromatic N) is 1. The van der Waals surface area contributed by atoms with Gasteiger partial charge in [0.15, 0.2) is 0 Å². The van der Waals surface area contributed by atoms with Gasteiger partial charge in [0.05, 0.1) is 24.6 Å². The van der Waals surface area contributed by atoms with E-state index in [1.165, 1.54) is 22.3 Å². The van der Waals surface area contributed by atoms with E-state index >= 15 is 0 Å². The van der Waals surface area contributed by atoms with Gasteiger partial charge in [-0.1, -0.05) is 54.6 Å². The molecule has 23 heavy (non-hydrogen) atoms. The average molecular weight is 301 g/mol. The molecule has 0 N–H and O–H groups in total. The van der Waals surface area contributed by atoms with Crippen LogP contribution < -0.4 is 0 Å². The van der Waals surface area contributed by atoms with Crippen LogP contribution in [-0.2, 0) is 4.74 Å². The highest BCUT2D eigenvalue weighted by molar-refractivity contribution is 6.06. The molecule has 0 fully saturated rings. The van der Waals surface area contributed by atoms with Crippen LogP contribution in [0.15, 0.2) is 76.8 Å². The maximum Gasteiger partial charge on any atom is 0.0722 e. The molecule has 2 aliphatic rings. The molecule has 0 amide bonds. The van der Waals surface area contributed by atoms with Crippen LogP contribution in [0.5, 0.6) is 0 Å². The average Bonchev–Trinajstić information content (AvgIpc) is 2.94. The Kier molecular flexibility index (Phi) is 3.68. The first-order chi connectivity index (χ1) is 11.3. The van der Waals surface area contributed by atoms with E-state index < -0.39 is 0 Å². The summed E-state index contributed by atoms with van der Waals surface area (Å²) in [7, 11) is 0. The maximum absolute atomic E-state index is 5.67. The fourth-order valence-electron chi connectivity index (χ4n) is 3.18. The Balaban J connectivity index is 1.85. The Bertz CT molecular complexity index is 828. The number of aryl methyl sites for hydroxylation is 1. The quantitative estimate of drug-likeness (QED) is 0.797. The van der Waals surface area contributed by atoms with Crippen LogP contribution >= 0.6 is 0 Å². The zero-order valence-corrected chi connectivity index (χ0v) is 13.3. The van der Waals surface area contributed by atoms with Gasteiger partial charge in [0.1, 0.15) is 0 Å². The monoisotopic (exact) mass is 301 g/mol. The largest absolute Gasteiger partial charge is 0.372 e. The number of benzene rings is 2. The van der Waals surface area contributed by atoms with Crippen molar-refractivity contribution in [3.8, 4) is 0 Å². The Labute approximate surface area is 136 Å². The highest BCUT2D eigenvalue weighted by Gasteiger charge is 2.21. The minimum absolute atomic E-state index is 0.697. The van der Waals surface area contributed by atoms with Crippen molar-refractivity contribution >= 4 is 11.4 Å². The fourth-order valence-corrected chi connectivity index (χ4v) is 3.18. The van der Waals surface area contributed by atoms with Crippen molar-refractivity contribution in [1.29, 1.82) is 0 Å². The summed E-state index contributed by atoms with van der Waals surface area (Å²) in [5, 5.41) is 0. The molecule has 0 saturated carbocycles. The molecule has 2 aliphatic heterocycles. The molecule has 2 heterocycles. The highest BCUT2D eigenvalue weighted by Crippen LogP contribution is 2.30. The summed E-state index contributed by atoms with van der Waals surface area (Å²) in [5.74, 6) is 0. The van der Waals surface area contributed by atoms with Gasteiger partial charge >= 0.3 is 0 Å². The number of hydrogen-bond acceptors (Lipinski definition) is 2. The molecule has 2 aromatic rings. The molecular weight excluding hydrogens is 282 g/mol. The Morgan fingerprint density at radius 2 is 1.70 bits per heavy atom. The predicted molar refractivity (Wildman–Crippen MR) is 94.6 cm³/mol. The van der Waals surface area contributed by atoms with Crippen LogP contribution in [0, 0.1) is 6.92 Å². The molecule has 2 nitrogen and oxygen atoms in total. The zero-order valence-electron chi connectivity index (χ0n) is 13.3. The third-order valence-corrected chi connectivity index (χ3v) is 4.46. The van der Waals surface area contributed by atoms with Gasteiger partial charge in [-0.2, -0.15) is 0 Å². The second-order valence-electron chi connectivity index (χ2n) is 6.07. The van der Waals surface area contributed by atoms with Crippen LogP contribution in [0.25, 0.3) is 5.70 Å². The summed E-state index contributed by atoms with van der Waals surface area (Å²) in [4.78, 5) is 5.04. The lowest BCUT2D eigenvalue weighted by Crippen LogP contribution is -2.06. The Morgan fingerprint density at radius 1 is 0.913 bits per heavy atom. The van der Waals surface area contributed by atoms with E-state index in [2.05, 4.69) is 61.5 Å². The summed E-state index contributed by atoms with van der Waals surface area (Å²) in [6.45, 7) is 3.57. The van der Waals surface area contributed by atoms with E-state index in [-0.39, 0.29) is 0 Å². The molecule has 0 atom stereocenters. The smallest absolute Gasteiger partial charge is 0.0722 e. The summed E-state index contributed by atoms with van der Waals surface area (Å²) >= 11 is 0. The summed E-state index contributed by atoms with van der Waals surface area (Å²) in [5.41, 5.74) is 8.46. The number of rotatable bonds is 2. The fraction of sp³-hybridized carbons (Fsp3) is 0.190. The van der Waals surface area contributed by atoms with Crippen LogP contribution in [0.2, 0.25) is 0 Å². The molecule has 0 aliphatic carbocycles. The normalized spacial score (nSPS) is 17.4. The molecule has 114 valence electrons. The van der Waals surface area contributed by atoms with E-state index in [9.17, 15) is 0 Å². The van der Waals surface area contributed by atoms with E-state index in [4.69, 9.17) is 9.73 Å². The van der Waals surface area contributed by atoms with Gasteiger partial charge < -0.3 is 4.74 Å². The van der Waals surface area contributed by atoms with Gasteiger partial charge in [-0.15, -0.1) is 0 Å². The lowest BCUT2D eigenvalue weighted by atomic mass is 9.97. The minimum Gasteiger partial charge on any atom is -0.372 e. The van der Waals surface area contributed by atoms with E-state index in [0.717, 1.165) is 30.0 Å². The van der Waals surface area contributed by atoms with Gasteiger partial charge in [0, 0.05) is 12.0 Å². The molecule has 0 spiro atoms. The van der Waals surface area contributed by atoms with Gasteiger partial charge in [-0.3, -0.25) is 4.99 Å². The van der Waals surface area contributed by atoms with Crippen molar-refractivity contribution in [1.82, 2.24) is 0 Å². The molecule has 0 unspecified atom stereocenters. The van der Waals surface area contributed by atoms with Crippen molar-refractivity contribution in [3.05, 3.63) is 88.5 Å². The van der Waals surface area contributed by atoms with Crippen LogP contribution in [0.3, 0.4) is 0 Å². The van der Waals surface area contributed by atoms with Gasteiger partial charge in [0.25, 0.3) is 0 Å². The SMILES string of the molecule is Cc1ccccc1C1=NC(c2ccccc2)=CC2=C(COC2)C1. The van der Waals surface area contributed by atoms with E-state index in [0.29, 0.717) is 6.61 Å². The first-order valence-corrected chi connectivity index (χ1v) is 8.00. The maximum atomic E-state index is 5.67. The third kappa shape index (κ3) is 2.78. The topological polar surface area (TPSA) is 21.6 Å². The van der Waals surface area contributed by atoms with Crippen molar-refractivity contribution in [2.45, 2.75) is 13.3 Å². The van der Waals surface area contributed by atoms with Crippen LogP contribution in [-0.4, -0.2) is 18.9 Å². The highest BCUT2D eigenvalue weighted by atomic mass is 16.5. The molecule has 2 heteroatoms. The predicted octanol–water partition coefficient (Wildman–Crippen LogP) is 4.56. The van der Waals surface area contributed by atoms with E-state index in [1.807, 2.05) is 6.07 Å². The lowest BCUT2D eigenvalue weighted by molar-refractivity contribution is 0.205. The Hall–Kier alpha value is -2.45. The molecular formula is C21H19NO.